The Hall–Kier alpha value is -2.30. The number of nitrogens with zero attached hydrogens (tertiary/aromatic N) is 1. The van der Waals surface area contributed by atoms with E-state index in [1.54, 1.807) is 12.1 Å². The largest absolute Gasteiger partial charge is 0.508 e. The van der Waals surface area contributed by atoms with Crippen molar-refractivity contribution in [2.45, 2.75) is 13.3 Å². The highest BCUT2D eigenvalue weighted by atomic mass is 16.5. The van der Waals surface area contributed by atoms with Gasteiger partial charge in [0.2, 0.25) is 0 Å². The molecular formula is C12H12N2O3. The molecule has 0 saturated carbocycles. The van der Waals surface area contributed by atoms with Gasteiger partial charge >= 0.3 is 0 Å². The lowest BCUT2D eigenvalue weighted by molar-refractivity contribution is 0.101. The number of anilines is 1. The van der Waals surface area contributed by atoms with Gasteiger partial charge in [-0.05, 0) is 30.2 Å². The minimum absolute atomic E-state index is 0.182. The van der Waals surface area contributed by atoms with Gasteiger partial charge in [0.25, 0.3) is 5.91 Å². The zero-order chi connectivity index (χ0) is 12.3. The molecule has 17 heavy (non-hydrogen) atoms. The molecule has 0 radical (unpaired) electrons. The number of phenols is 1. The molecule has 2 N–H and O–H groups in total. The Morgan fingerprint density at radius 2 is 2.29 bits per heavy atom. The summed E-state index contributed by atoms with van der Waals surface area (Å²) in [4.78, 5) is 11.7. The summed E-state index contributed by atoms with van der Waals surface area (Å²) in [5, 5.41) is 15.6. The van der Waals surface area contributed by atoms with Crippen LogP contribution in [0.1, 0.15) is 23.0 Å². The number of hydrogen-bond acceptors (Lipinski definition) is 4. The smallest absolute Gasteiger partial charge is 0.277 e. The Morgan fingerprint density at radius 1 is 1.47 bits per heavy atom. The average Bonchev–Trinajstić information content (AvgIpc) is 2.85. The summed E-state index contributed by atoms with van der Waals surface area (Å²) in [5.74, 6) is -0.152. The molecule has 88 valence electrons. The van der Waals surface area contributed by atoms with Crippen molar-refractivity contribution in [3.63, 3.8) is 0 Å². The quantitative estimate of drug-likeness (QED) is 0.795. The van der Waals surface area contributed by atoms with Gasteiger partial charge < -0.3 is 14.9 Å². The SMILES string of the molecule is CCc1cc(O)ccc1NC(=O)c1ccon1. The van der Waals surface area contributed by atoms with Crippen molar-refractivity contribution in [3.8, 4) is 5.75 Å². The summed E-state index contributed by atoms with van der Waals surface area (Å²) < 4.78 is 4.60. The van der Waals surface area contributed by atoms with Crippen LogP contribution in [0.5, 0.6) is 5.75 Å². The zero-order valence-corrected chi connectivity index (χ0v) is 9.30. The molecule has 2 aromatic rings. The number of carbonyl (C=O) groups is 1. The molecule has 0 unspecified atom stereocenters. The minimum Gasteiger partial charge on any atom is -0.508 e. The summed E-state index contributed by atoms with van der Waals surface area (Å²) in [5.41, 5.74) is 1.75. The average molecular weight is 232 g/mol. The van der Waals surface area contributed by atoms with E-state index in [4.69, 9.17) is 0 Å². The van der Waals surface area contributed by atoms with Gasteiger partial charge in [-0.1, -0.05) is 12.1 Å². The number of rotatable bonds is 3. The van der Waals surface area contributed by atoms with Crippen LogP contribution in [0.2, 0.25) is 0 Å². The van der Waals surface area contributed by atoms with Crippen LogP contribution in [0, 0.1) is 0 Å². The number of aryl methyl sites for hydroxylation is 1. The maximum Gasteiger partial charge on any atom is 0.277 e. The van der Waals surface area contributed by atoms with Gasteiger partial charge in [0, 0.05) is 11.8 Å². The number of phenolic OH excluding ortho intramolecular Hbond substituents is 1. The van der Waals surface area contributed by atoms with Crippen LogP contribution in [0.3, 0.4) is 0 Å². The Kier molecular flexibility index (Phi) is 3.09. The molecule has 0 saturated heterocycles. The first-order valence-corrected chi connectivity index (χ1v) is 5.24. The summed E-state index contributed by atoms with van der Waals surface area (Å²) in [7, 11) is 0. The van der Waals surface area contributed by atoms with Crippen molar-refractivity contribution in [1.29, 1.82) is 0 Å². The van der Waals surface area contributed by atoms with Gasteiger partial charge in [-0.2, -0.15) is 0 Å². The standard InChI is InChI=1S/C12H12N2O3/c1-2-8-7-9(15)3-4-10(8)13-12(16)11-5-6-17-14-11/h3-7,15H,2H2,1H3,(H,13,16). The Bertz CT molecular complexity index is 521. The molecule has 0 aliphatic heterocycles. The first kappa shape index (κ1) is 11.2. The molecular weight excluding hydrogens is 220 g/mol. The van der Waals surface area contributed by atoms with Gasteiger partial charge in [0.15, 0.2) is 5.69 Å². The van der Waals surface area contributed by atoms with Crippen molar-refractivity contribution in [3.05, 3.63) is 41.8 Å². The van der Waals surface area contributed by atoms with Gasteiger partial charge in [0.05, 0.1) is 0 Å². The number of carbonyl (C=O) groups excluding carboxylic acids is 1. The second-order valence-corrected chi connectivity index (χ2v) is 3.53. The van der Waals surface area contributed by atoms with E-state index in [9.17, 15) is 9.90 Å². The van der Waals surface area contributed by atoms with Crippen LogP contribution in [0.4, 0.5) is 5.69 Å². The number of aromatic nitrogens is 1. The first-order valence-electron chi connectivity index (χ1n) is 5.24. The van der Waals surface area contributed by atoms with E-state index >= 15 is 0 Å². The summed E-state index contributed by atoms with van der Waals surface area (Å²) >= 11 is 0. The maximum absolute atomic E-state index is 11.7. The fourth-order valence-corrected chi connectivity index (χ4v) is 1.51. The highest BCUT2D eigenvalue weighted by Crippen LogP contribution is 2.22. The summed E-state index contributed by atoms with van der Waals surface area (Å²) in [6.45, 7) is 1.94. The third kappa shape index (κ3) is 2.44. The maximum atomic E-state index is 11.7. The Labute approximate surface area is 98.1 Å². The third-order valence-electron chi connectivity index (χ3n) is 2.39. The van der Waals surface area contributed by atoms with Gasteiger partial charge in [-0.3, -0.25) is 4.79 Å². The van der Waals surface area contributed by atoms with Gasteiger partial charge in [0.1, 0.15) is 12.0 Å². The molecule has 1 aromatic heterocycles. The molecule has 2 rings (SSSR count). The predicted molar refractivity (Wildman–Crippen MR) is 61.9 cm³/mol. The van der Waals surface area contributed by atoms with E-state index in [2.05, 4.69) is 15.0 Å². The highest BCUT2D eigenvalue weighted by molar-refractivity contribution is 6.03. The molecule has 0 atom stereocenters. The van der Waals surface area contributed by atoms with Crippen LogP contribution >= 0.6 is 0 Å². The monoisotopic (exact) mass is 232 g/mol. The molecule has 0 fully saturated rings. The van der Waals surface area contributed by atoms with E-state index in [0.29, 0.717) is 12.1 Å². The van der Waals surface area contributed by atoms with E-state index in [1.165, 1.54) is 18.4 Å². The predicted octanol–water partition coefficient (Wildman–Crippen LogP) is 2.19. The Balaban J connectivity index is 2.21. The molecule has 1 amide bonds. The van der Waals surface area contributed by atoms with E-state index in [1.807, 2.05) is 6.92 Å². The van der Waals surface area contributed by atoms with Crippen LogP contribution in [-0.4, -0.2) is 16.2 Å². The van der Waals surface area contributed by atoms with Crippen LogP contribution in [0.25, 0.3) is 0 Å². The summed E-state index contributed by atoms with van der Waals surface area (Å²) in [6.07, 6.45) is 2.05. The Morgan fingerprint density at radius 3 is 2.94 bits per heavy atom. The topological polar surface area (TPSA) is 75.4 Å². The number of benzene rings is 1. The lowest BCUT2D eigenvalue weighted by Crippen LogP contribution is -2.13. The zero-order valence-electron chi connectivity index (χ0n) is 9.30. The molecule has 1 aromatic carbocycles. The van der Waals surface area contributed by atoms with Crippen molar-refractivity contribution in [1.82, 2.24) is 5.16 Å². The van der Waals surface area contributed by atoms with E-state index in [0.717, 1.165) is 5.56 Å². The second-order valence-electron chi connectivity index (χ2n) is 3.53. The van der Waals surface area contributed by atoms with Crippen molar-refractivity contribution in [2.24, 2.45) is 0 Å². The van der Waals surface area contributed by atoms with Crippen molar-refractivity contribution >= 4 is 11.6 Å². The van der Waals surface area contributed by atoms with E-state index < -0.39 is 0 Å². The number of aromatic hydroxyl groups is 1. The second kappa shape index (κ2) is 4.69. The van der Waals surface area contributed by atoms with Crippen molar-refractivity contribution in [2.75, 3.05) is 5.32 Å². The molecule has 0 bridgehead atoms. The van der Waals surface area contributed by atoms with Crippen LogP contribution < -0.4 is 5.32 Å². The van der Waals surface area contributed by atoms with Gasteiger partial charge in [-0.15, -0.1) is 0 Å². The fourth-order valence-electron chi connectivity index (χ4n) is 1.51. The number of nitrogens with one attached hydrogen (secondary N) is 1. The minimum atomic E-state index is -0.334. The molecule has 5 heteroatoms. The molecule has 0 aliphatic rings. The lowest BCUT2D eigenvalue weighted by Gasteiger charge is -2.08. The number of amides is 1. The van der Waals surface area contributed by atoms with Gasteiger partial charge in [-0.25, -0.2) is 0 Å². The van der Waals surface area contributed by atoms with Crippen molar-refractivity contribution < 1.29 is 14.4 Å². The number of hydrogen-bond donors (Lipinski definition) is 2. The highest BCUT2D eigenvalue weighted by Gasteiger charge is 2.11. The lowest BCUT2D eigenvalue weighted by atomic mass is 10.1. The normalized spacial score (nSPS) is 10.2. The third-order valence-corrected chi connectivity index (χ3v) is 2.39. The molecule has 0 aliphatic carbocycles. The summed E-state index contributed by atoms with van der Waals surface area (Å²) in [6, 6.07) is 6.30. The molecule has 5 nitrogen and oxygen atoms in total. The van der Waals surface area contributed by atoms with E-state index in [-0.39, 0.29) is 17.4 Å². The molecule has 0 spiro atoms. The van der Waals surface area contributed by atoms with Crippen LogP contribution in [-0.2, 0) is 6.42 Å². The van der Waals surface area contributed by atoms with Crippen LogP contribution in [0.15, 0.2) is 35.1 Å². The fraction of sp³-hybridized carbons (Fsp3) is 0.167. The molecule has 1 heterocycles. The first-order chi connectivity index (χ1) is 8.20.